The van der Waals surface area contributed by atoms with Gasteiger partial charge in [-0.05, 0) is 60.2 Å². The number of nitrogens with one attached hydrogen (secondary N) is 2. The number of benzene rings is 3. The number of carbonyl (C=O) groups is 2. The van der Waals surface area contributed by atoms with Gasteiger partial charge in [0.15, 0.2) is 0 Å². The summed E-state index contributed by atoms with van der Waals surface area (Å²) >= 11 is 11.8. The highest BCUT2D eigenvalue weighted by Crippen LogP contribution is 2.20. The van der Waals surface area contributed by atoms with Crippen molar-refractivity contribution in [1.29, 1.82) is 5.26 Å². The number of nitrogens with zero attached hydrogens (tertiary/aromatic N) is 1. The molecule has 144 valence electrons. The molecular weight excluding hydrogens is 409 g/mol. The second-order valence-electron chi connectivity index (χ2n) is 6.18. The fraction of sp³-hybridized carbons (Fsp3) is 0.0455. The van der Waals surface area contributed by atoms with Crippen molar-refractivity contribution in [2.24, 2.45) is 0 Å². The van der Waals surface area contributed by atoms with Gasteiger partial charge in [0, 0.05) is 32.5 Å². The lowest BCUT2D eigenvalue weighted by Gasteiger charge is -2.08. The average Bonchev–Trinajstić information content (AvgIpc) is 2.69. The molecular formula is C22H15Cl2N3O2. The summed E-state index contributed by atoms with van der Waals surface area (Å²) in [5.41, 5.74) is 2.82. The van der Waals surface area contributed by atoms with Crippen LogP contribution in [-0.2, 0) is 6.42 Å². The van der Waals surface area contributed by atoms with E-state index in [1.807, 2.05) is 0 Å². The van der Waals surface area contributed by atoms with Crippen LogP contribution in [0.15, 0.2) is 66.7 Å². The summed E-state index contributed by atoms with van der Waals surface area (Å²) in [7, 11) is 0. The minimum atomic E-state index is -0.357. The summed E-state index contributed by atoms with van der Waals surface area (Å²) in [5, 5.41) is 15.0. The van der Waals surface area contributed by atoms with Gasteiger partial charge in [-0.3, -0.25) is 9.59 Å². The van der Waals surface area contributed by atoms with E-state index in [2.05, 4.69) is 16.7 Å². The van der Waals surface area contributed by atoms with E-state index >= 15 is 0 Å². The highest BCUT2D eigenvalue weighted by Gasteiger charge is 2.10. The maximum atomic E-state index is 12.4. The van der Waals surface area contributed by atoms with Gasteiger partial charge >= 0.3 is 0 Å². The van der Waals surface area contributed by atoms with Gasteiger partial charge in [-0.2, -0.15) is 5.26 Å². The molecule has 0 spiro atoms. The summed E-state index contributed by atoms with van der Waals surface area (Å²) in [6.07, 6.45) is 0.322. The van der Waals surface area contributed by atoms with Gasteiger partial charge < -0.3 is 10.6 Å². The van der Waals surface area contributed by atoms with Crippen molar-refractivity contribution < 1.29 is 9.59 Å². The van der Waals surface area contributed by atoms with Gasteiger partial charge in [0.1, 0.15) is 0 Å². The third-order valence-electron chi connectivity index (χ3n) is 4.02. The van der Waals surface area contributed by atoms with Crippen molar-refractivity contribution in [3.05, 3.63) is 93.5 Å². The molecule has 0 saturated carbocycles. The van der Waals surface area contributed by atoms with E-state index in [0.717, 1.165) is 5.56 Å². The molecule has 0 radical (unpaired) electrons. The first-order valence-corrected chi connectivity index (χ1v) is 9.35. The molecule has 3 rings (SSSR count). The number of anilines is 2. The Hall–Kier alpha value is -3.33. The Labute approximate surface area is 177 Å². The van der Waals surface area contributed by atoms with Gasteiger partial charge in [-0.15, -0.1) is 0 Å². The predicted octanol–water partition coefficient (Wildman–Crippen LogP) is 5.56. The molecule has 2 N–H and O–H groups in total. The van der Waals surface area contributed by atoms with Crippen LogP contribution in [0.5, 0.6) is 0 Å². The van der Waals surface area contributed by atoms with Crippen LogP contribution in [-0.4, -0.2) is 11.8 Å². The van der Waals surface area contributed by atoms with Crippen LogP contribution in [0.2, 0.25) is 10.0 Å². The molecule has 5 nitrogen and oxygen atoms in total. The van der Waals surface area contributed by atoms with E-state index in [1.165, 1.54) is 12.1 Å². The Kier molecular flexibility index (Phi) is 6.50. The lowest BCUT2D eigenvalue weighted by molar-refractivity contribution is 0.102. The molecule has 0 fully saturated rings. The molecule has 0 heterocycles. The van der Waals surface area contributed by atoms with Crippen LogP contribution in [0.25, 0.3) is 0 Å². The quantitative estimate of drug-likeness (QED) is 0.562. The van der Waals surface area contributed by atoms with Crippen molar-refractivity contribution in [2.75, 3.05) is 10.6 Å². The Balaban J connectivity index is 1.64. The first-order chi connectivity index (χ1) is 13.9. The maximum absolute atomic E-state index is 12.4. The SMILES string of the molecule is N#CCc1ccc(NC(=O)c2ccc(NC(=O)c3cc(Cl)cc(Cl)c3)cc2)cc1. The molecule has 3 aromatic rings. The second-order valence-corrected chi connectivity index (χ2v) is 7.05. The Morgan fingerprint density at radius 1 is 0.759 bits per heavy atom. The normalized spacial score (nSPS) is 10.1. The Bertz CT molecular complexity index is 1070. The number of amides is 2. The fourth-order valence-corrected chi connectivity index (χ4v) is 3.12. The number of hydrogen-bond acceptors (Lipinski definition) is 3. The second kappa shape index (κ2) is 9.24. The van der Waals surface area contributed by atoms with Crippen molar-refractivity contribution in [1.82, 2.24) is 0 Å². The molecule has 2 amide bonds. The van der Waals surface area contributed by atoms with E-state index in [9.17, 15) is 9.59 Å². The standard InChI is InChI=1S/C22H15Cl2N3O2/c23-17-11-16(12-18(24)13-17)22(29)27-20-7-3-15(4-8-20)21(28)26-19-5-1-14(2-6-19)9-10-25/h1-8,11-13H,9H2,(H,26,28)(H,27,29). The first kappa shape index (κ1) is 20.4. The van der Waals surface area contributed by atoms with Gasteiger partial charge in [0.25, 0.3) is 11.8 Å². The highest BCUT2D eigenvalue weighted by atomic mass is 35.5. The summed E-state index contributed by atoms with van der Waals surface area (Å²) < 4.78 is 0. The Morgan fingerprint density at radius 3 is 1.76 bits per heavy atom. The van der Waals surface area contributed by atoms with E-state index in [0.29, 0.717) is 39.0 Å². The zero-order valence-electron chi connectivity index (χ0n) is 15.1. The van der Waals surface area contributed by atoms with Crippen LogP contribution in [0, 0.1) is 11.3 Å². The molecule has 0 atom stereocenters. The Morgan fingerprint density at radius 2 is 1.24 bits per heavy atom. The van der Waals surface area contributed by atoms with E-state index in [-0.39, 0.29) is 11.8 Å². The lowest BCUT2D eigenvalue weighted by atomic mass is 10.1. The van der Waals surface area contributed by atoms with Gasteiger partial charge in [0.2, 0.25) is 0 Å². The third kappa shape index (κ3) is 5.58. The smallest absolute Gasteiger partial charge is 0.255 e. The molecule has 7 heteroatoms. The molecule has 3 aromatic carbocycles. The number of rotatable bonds is 5. The van der Waals surface area contributed by atoms with Crippen LogP contribution in [0.4, 0.5) is 11.4 Å². The van der Waals surface area contributed by atoms with Crippen LogP contribution in [0.3, 0.4) is 0 Å². The number of carbonyl (C=O) groups excluding carboxylic acids is 2. The molecule has 0 aliphatic rings. The van der Waals surface area contributed by atoms with Gasteiger partial charge in [-0.1, -0.05) is 35.3 Å². The summed E-state index contributed by atoms with van der Waals surface area (Å²) in [6.45, 7) is 0. The first-order valence-electron chi connectivity index (χ1n) is 8.59. The van der Waals surface area contributed by atoms with E-state index in [1.54, 1.807) is 54.6 Å². The zero-order valence-corrected chi connectivity index (χ0v) is 16.6. The lowest BCUT2D eigenvalue weighted by Crippen LogP contribution is -2.13. The largest absolute Gasteiger partial charge is 0.322 e. The highest BCUT2D eigenvalue weighted by molar-refractivity contribution is 6.35. The van der Waals surface area contributed by atoms with E-state index < -0.39 is 0 Å². The topological polar surface area (TPSA) is 82.0 Å². The summed E-state index contributed by atoms with van der Waals surface area (Å²) in [5.74, 6) is -0.637. The van der Waals surface area contributed by atoms with Crippen LogP contribution in [0.1, 0.15) is 26.3 Å². The third-order valence-corrected chi connectivity index (χ3v) is 4.46. The molecule has 0 aromatic heterocycles. The van der Waals surface area contributed by atoms with Gasteiger partial charge in [0.05, 0.1) is 12.5 Å². The van der Waals surface area contributed by atoms with Crippen molar-refractivity contribution in [3.63, 3.8) is 0 Å². The van der Waals surface area contributed by atoms with Crippen molar-refractivity contribution >= 4 is 46.4 Å². The average molecular weight is 424 g/mol. The number of hydrogen-bond donors (Lipinski definition) is 2. The minimum absolute atomic E-state index is 0.280. The zero-order chi connectivity index (χ0) is 20.8. The van der Waals surface area contributed by atoms with Crippen LogP contribution < -0.4 is 10.6 Å². The summed E-state index contributed by atoms with van der Waals surface area (Å²) in [6, 6.07) is 20.2. The molecule has 0 bridgehead atoms. The molecule has 0 unspecified atom stereocenters. The maximum Gasteiger partial charge on any atom is 0.255 e. The summed E-state index contributed by atoms with van der Waals surface area (Å²) in [4.78, 5) is 24.7. The van der Waals surface area contributed by atoms with Crippen molar-refractivity contribution in [2.45, 2.75) is 6.42 Å². The molecule has 0 aliphatic heterocycles. The molecule has 0 aliphatic carbocycles. The molecule has 29 heavy (non-hydrogen) atoms. The van der Waals surface area contributed by atoms with Crippen molar-refractivity contribution in [3.8, 4) is 6.07 Å². The van der Waals surface area contributed by atoms with E-state index in [4.69, 9.17) is 28.5 Å². The molecule has 0 saturated heterocycles. The monoisotopic (exact) mass is 423 g/mol. The predicted molar refractivity (Wildman–Crippen MR) is 115 cm³/mol. The fourth-order valence-electron chi connectivity index (χ4n) is 2.59. The van der Waals surface area contributed by atoms with Crippen LogP contribution >= 0.6 is 23.2 Å². The number of halogens is 2. The van der Waals surface area contributed by atoms with Gasteiger partial charge in [-0.25, -0.2) is 0 Å². The number of nitriles is 1. The minimum Gasteiger partial charge on any atom is -0.322 e.